The van der Waals surface area contributed by atoms with Crippen LogP contribution < -0.4 is 0 Å². The quantitative estimate of drug-likeness (QED) is 0.848. The van der Waals surface area contributed by atoms with Gasteiger partial charge in [-0.15, -0.1) is 0 Å². The maximum Gasteiger partial charge on any atom is 0.195 e. The Morgan fingerprint density at radius 1 is 1.53 bits per heavy atom. The summed E-state index contributed by atoms with van der Waals surface area (Å²) in [6.07, 6.45) is 3.48. The Balaban J connectivity index is 2.36. The molecule has 0 aliphatic heterocycles. The van der Waals surface area contributed by atoms with Crippen molar-refractivity contribution in [3.05, 3.63) is 10.6 Å². The first-order chi connectivity index (χ1) is 7.72. The summed E-state index contributed by atoms with van der Waals surface area (Å²) in [6, 6.07) is 0. The molecule has 1 saturated carbocycles. The summed E-state index contributed by atoms with van der Waals surface area (Å²) in [5.41, 5.74) is 0. The van der Waals surface area contributed by atoms with Crippen molar-refractivity contribution < 1.29 is 8.42 Å². The van der Waals surface area contributed by atoms with Gasteiger partial charge in [-0.1, -0.05) is 0 Å². The molecule has 0 atom stereocenters. The molecule has 1 aromatic heterocycles. The third-order valence-corrected chi connectivity index (χ3v) is 5.72. The predicted octanol–water partition coefficient (Wildman–Crippen LogP) is 1.64. The molecule has 0 spiro atoms. The molecule has 1 heterocycles. The molecule has 0 unspecified atom stereocenters. The number of hydrogen-bond acceptors (Lipinski definition) is 4. The van der Waals surface area contributed by atoms with Gasteiger partial charge in [-0.2, -0.15) is 5.10 Å². The third-order valence-electron chi connectivity index (χ3n) is 3.27. The first kappa shape index (κ1) is 12.8. The zero-order valence-corrected chi connectivity index (χ0v) is 11.9. The van der Waals surface area contributed by atoms with Crippen LogP contribution in [-0.2, 0) is 16.4 Å². The Morgan fingerprint density at radius 3 is 2.59 bits per heavy atom. The fraction of sp³-hybridized carbons (Fsp3) is 0.800. The highest BCUT2D eigenvalue weighted by molar-refractivity contribution is 7.92. The van der Waals surface area contributed by atoms with Crippen LogP contribution in [0.5, 0.6) is 0 Å². The van der Waals surface area contributed by atoms with Crippen molar-refractivity contribution in [1.29, 1.82) is 0 Å². The standard InChI is InChI=1S/C10H17N3O2S2/c1-10(2,17(3,14)15)6-13-8(7-4-5-7)11-12-9(13)16/h7H,4-6H2,1-3H3,(H,12,16). The number of sulfone groups is 1. The van der Waals surface area contributed by atoms with E-state index in [1.165, 1.54) is 6.26 Å². The summed E-state index contributed by atoms with van der Waals surface area (Å²) in [5, 5.41) is 6.95. The second-order valence-electron chi connectivity index (χ2n) is 5.28. The molecular formula is C10H17N3O2S2. The maximum absolute atomic E-state index is 11.7. The van der Waals surface area contributed by atoms with Crippen LogP contribution in [0.2, 0.25) is 0 Å². The molecule has 1 fully saturated rings. The molecule has 1 aliphatic rings. The summed E-state index contributed by atoms with van der Waals surface area (Å²) in [4.78, 5) is 0. The van der Waals surface area contributed by atoms with Gasteiger partial charge in [0.1, 0.15) is 5.82 Å². The number of rotatable bonds is 4. The molecule has 17 heavy (non-hydrogen) atoms. The maximum atomic E-state index is 11.7. The van der Waals surface area contributed by atoms with E-state index < -0.39 is 14.6 Å². The van der Waals surface area contributed by atoms with Crippen LogP contribution in [0.1, 0.15) is 38.4 Å². The van der Waals surface area contributed by atoms with Gasteiger partial charge in [0.25, 0.3) is 0 Å². The van der Waals surface area contributed by atoms with Crippen molar-refractivity contribution in [2.45, 2.75) is 43.9 Å². The van der Waals surface area contributed by atoms with Gasteiger partial charge in [-0.25, -0.2) is 8.42 Å². The summed E-state index contributed by atoms with van der Waals surface area (Å²) in [7, 11) is -3.13. The zero-order valence-electron chi connectivity index (χ0n) is 10.2. The lowest BCUT2D eigenvalue weighted by molar-refractivity contribution is 0.491. The molecule has 0 saturated heterocycles. The van der Waals surface area contributed by atoms with Crippen molar-refractivity contribution in [1.82, 2.24) is 14.8 Å². The van der Waals surface area contributed by atoms with E-state index >= 15 is 0 Å². The number of aromatic nitrogens is 3. The fourth-order valence-electron chi connectivity index (χ4n) is 1.63. The number of nitrogens with zero attached hydrogens (tertiary/aromatic N) is 2. The van der Waals surface area contributed by atoms with E-state index in [-0.39, 0.29) is 0 Å². The van der Waals surface area contributed by atoms with Gasteiger partial charge in [-0.05, 0) is 38.9 Å². The Hall–Kier alpha value is -0.690. The van der Waals surface area contributed by atoms with E-state index in [1.54, 1.807) is 13.8 Å². The average molecular weight is 275 g/mol. The number of aromatic amines is 1. The van der Waals surface area contributed by atoms with Crippen LogP contribution in [0.15, 0.2) is 0 Å². The molecule has 0 aromatic carbocycles. The molecule has 2 rings (SSSR count). The lowest BCUT2D eigenvalue weighted by Crippen LogP contribution is -2.36. The van der Waals surface area contributed by atoms with E-state index in [1.807, 2.05) is 4.57 Å². The molecule has 1 aliphatic carbocycles. The van der Waals surface area contributed by atoms with E-state index in [0.717, 1.165) is 18.7 Å². The van der Waals surface area contributed by atoms with E-state index in [4.69, 9.17) is 12.2 Å². The molecule has 1 aromatic rings. The minimum Gasteiger partial charge on any atom is -0.302 e. The lowest BCUT2D eigenvalue weighted by Gasteiger charge is -2.23. The van der Waals surface area contributed by atoms with Gasteiger partial charge in [-0.3, -0.25) is 5.10 Å². The zero-order chi connectivity index (χ0) is 12.8. The van der Waals surface area contributed by atoms with Gasteiger partial charge in [0.05, 0.1) is 4.75 Å². The van der Waals surface area contributed by atoms with Gasteiger partial charge >= 0.3 is 0 Å². The Morgan fingerprint density at radius 2 is 2.12 bits per heavy atom. The first-order valence-corrected chi connectivity index (χ1v) is 7.87. The van der Waals surface area contributed by atoms with Crippen molar-refractivity contribution in [3.8, 4) is 0 Å². The van der Waals surface area contributed by atoms with Crippen LogP contribution in [0, 0.1) is 4.77 Å². The van der Waals surface area contributed by atoms with Gasteiger partial charge < -0.3 is 4.57 Å². The fourth-order valence-corrected chi connectivity index (χ4v) is 2.20. The molecule has 96 valence electrons. The topological polar surface area (TPSA) is 67.8 Å². The van der Waals surface area contributed by atoms with E-state index in [9.17, 15) is 8.42 Å². The van der Waals surface area contributed by atoms with Crippen LogP contribution >= 0.6 is 12.2 Å². The highest BCUT2D eigenvalue weighted by Gasteiger charge is 2.35. The van der Waals surface area contributed by atoms with Crippen molar-refractivity contribution in [2.24, 2.45) is 0 Å². The summed E-state index contributed by atoms with van der Waals surface area (Å²) in [6.45, 7) is 3.79. The van der Waals surface area contributed by atoms with Gasteiger partial charge in [0.2, 0.25) is 0 Å². The predicted molar refractivity (Wildman–Crippen MR) is 68.3 cm³/mol. The Kier molecular flexibility index (Phi) is 2.94. The van der Waals surface area contributed by atoms with Crippen LogP contribution in [0.25, 0.3) is 0 Å². The van der Waals surface area contributed by atoms with Crippen LogP contribution in [0.4, 0.5) is 0 Å². The molecule has 0 radical (unpaired) electrons. The number of hydrogen-bond donors (Lipinski definition) is 1. The molecular weight excluding hydrogens is 258 g/mol. The summed E-state index contributed by atoms with van der Waals surface area (Å²) < 4.78 is 24.9. The second kappa shape index (κ2) is 3.91. The molecule has 5 nitrogen and oxygen atoms in total. The normalized spacial score (nSPS) is 17.4. The first-order valence-electron chi connectivity index (χ1n) is 5.57. The largest absolute Gasteiger partial charge is 0.302 e. The Labute approximate surface area is 106 Å². The van der Waals surface area contributed by atoms with Crippen molar-refractivity contribution in [2.75, 3.05) is 6.26 Å². The summed E-state index contributed by atoms with van der Waals surface area (Å²) >= 11 is 5.16. The van der Waals surface area contributed by atoms with E-state index in [2.05, 4.69) is 10.2 Å². The monoisotopic (exact) mass is 275 g/mol. The smallest absolute Gasteiger partial charge is 0.195 e. The molecule has 0 amide bonds. The lowest BCUT2D eigenvalue weighted by atomic mass is 10.2. The highest BCUT2D eigenvalue weighted by Crippen LogP contribution is 2.39. The van der Waals surface area contributed by atoms with Gasteiger partial charge in [0, 0.05) is 18.7 Å². The Bertz CT molecular complexity index is 579. The van der Waals surface area contributed by atoms with Crippen LogP contribution in [-0.4, -0.2) is 34.2 Å². The average Bonchev–Trinajstić information content (AvgIpc) is 2.93. The van der Waals surface area contributed by atoms with Crippen molar-refractivity contribution in [3.63, 3.8) is 0 Å². The summed E-state index contributed by atoms with van der Waals surface area (Å²) in [5.74, 6) is 1.34. The minimum absolute atomic E-state index is 0.354. The molecule has 7 heteroatoms. The van der Waals surface area contributed by atoms with Gasteiger partial charge in [0.15, 0.2) is 14.6 Å². The SMILES string of the molecule is CC(C)(Cn1c(C2CC2)n[nH]c1=S)S(C)(=O)=O. The van der Waals surface area contributed by atoms with Crippen molar-refractivity contribution >= 4 is 22.1 Å². The second-order valence-corrected chi connectivity index (χ2v) is 8.32. The molecule has 0 bridgehead atoms. The number of nitrogens with one attached hydrogen (secondary N) is 1. The number of H-pyrrole nitrogens is 1. The third kappa shape index (κ3) is 2.44. The van der Waals surface area contributed by atoms with Crippen LogP contribution in [0.3, 0.4) is 0 Å². The van der Waals surface area contributed by atoms with E-state index in [0.29, 0.717) is 17.2 Å². The minimum atomic E-state index is -3.13. The highest BCUT2D eigenvalue weighted by atomic mass is 32.2. The molecule has 1 N–H and O–H groups in total.